The Bertz CT molecular complexity index is 1170. The van der Waals surface area contributed by atoms with E-state index in [0.717, 1.165) is 34.9 Å². The number of alkyl carbamates (subject to hydrolysis) is 1. The van der Waals surface area contributed by atoms with Crippen molar-refractivity contribution >= 4 is 17.6 Å². The first kappa shape index (κ1) is 23.3. The molecule has 0 radical (unpaired) electrons. The molecule has 11 nitrogen and oxygen atoms in total. The highest BCUT2D eigenvalue weighted by molar-refractivity contribution is 5.98. The summed E-state index contributed by atoms with van der Waals surface area (Å²) in [4.78, 5) is 21.1. The van der Waals surface area contributed by atoms with Crippen LogP contribution in [0.2, 0.25) is 0 Å². The van der Waals surface area contributed by atoms with Crippen LogP contribution in [0.1, 0.15) is 36.7 Å². The van der Waals surface area contributed by atoms with Gasteiger partial charge in [-0.05, 0) is 43.5 Å². The van der Waals surface area contributed by atoms with Crippen LogP contribution in [0.3, 0.4) is 0 Å². The van der Waals surface area contributed by atoms with Crippen molar-refractivity contribution < 1.29 is 19.0 Å². The minimum Gasteiger partial charge on any atom is -0.454 e. The second kappa shape index (κ2) is 10.8. The molecule has 0 atom stereocenters. The third-order valence-corrected chi connectivity index (χ3v) is 5.44. The van der Waals surface area contributed by atoms with Gasteiger partial charge in [-0.2, -0.15) is 5.10 Å². The number of amides is 1. The molecule has 0 saturated carbocycles. The lowest BCUT2D eigenvalue weighted by Crippen LogP contribution is -2.24. The van der Waals surface area contributed by atoms with E-state index in [0.29, 0.717) is 44.2 Å². The number of fused-ring (bicyclic) bond motifs is 1. The van der Waals surface area contributed by atoms with Crippen molar-refractivity contribution in [3.05, 3.63) is 53.7 Å². The topological polar surface area (TPSA) is 131 Å². The number of unbranched alkanes of at least 4 members (excludes halogenated alkanes) is 1. The number of rotatable bonds is 10. The number of carbonyl (C=O) groups excluding carboxylic acids is 1. The van der Waals surface area contributed by atoms with Crippen LogP contribution in [0.15, 0.2) is 41.8 Å². The van der Waals surface area contributed by atoms with E-state index in [4.69, 9.17) is 24.9 Å². The maximum absolute atomic E-state index is 12.0. The number of hydrogen-bond acceptors (Lipinski definition) is 8. The zero-order chi connectivity index (χ0) is 23.9. The first-order chi connectivity index (χ1) is 16.5. The molecule has 4 rings (SSSR count). The zero-order valence-corrected chi connectivity index (χ0v) is 19.4. The molecule has 1 aliphatic rings. The summed E-state index contributed by atoms with van der Waals surface area (Å²) in [7, 11) is 1.88. The number of imidazole rings is 1. The molecule has 34 heavy (non-hydrogen) atoms. The zero-order valence-electron chi connectivity index (χ0n) is 19.4. The van der Waals surface area contributed by atoms with Gasteiger partial charge in [0.25, 0.3) is 0 Å². The number of carbonyl (C=O) groups is 1. The number of nitrogens with zero attached hydrogens (tertiary/aromatic N) is 5. The van der Waals surface area contributed by atoms with E-state index in [1.807, 2.05) is 42.8 Å². The Morgan fingerprint density at radius 2 is 2.12 bits per heavy atom. The summed E-state index contributed by atoms with van der Waals surface area (Å²) in [6.45, 7) is 3.81. The van der Waals surface area contributed by atoms with Crippen LogP contribution in [0.4, 0.5) is 10.6 Å². The van der Waals surface area contributed by atoms with Gasteiger partial charge < -0.3 is 29.8 Å². The predicted octanol–water partition coefficient (Wildman–Crippen LogP) is 2.65. The lowest BCUT2D eigenvalue weighted by atomic mass is 10.2. The summed E-state index contributed by atoms with van der Waals surface area (Å²) in [5.41, 5.74) is 9.26. The molecule has 0 bridgehead atoms. The summed E-state index contributed by atoms with van der Waals surface area (Å²) in [5, 5.41) is 6.94. The van der Waals surface area contributed by atoms with Crippen LogP contribution in [-0.2, 0) is 31.4 Å². The normalized spacial score (nSPS) is 12.7. The van der Waals surface area contributed by atoms with Crippen molar-refractivity contribution in [2.75, 3.05) is 13.4 Å². The van der Waals surface area contributed by atoms with Crippen LogP contribution in [0.25, 0.3) is 0 Å². The smallest absolute Gasteiger partial charge is 0.407 e. The molecule has 2 aromatic heterocycles. The van der Waals surface area contributed by atoms with Crippen LogP contribution in [-0.4, -0.2) is 44.5 Å². The molecule has 1 aromatic carbocycles. The van der Waals surface area contributed by atoms with E-state index in [1.54, 1.807) is 17.2 Å². The predicted molar refractivity (Wildman–Crippen MR) is 125 cm³/mol. The molecule has 0 saturated heterocycles. The summed E-state index contributed by atoms with van der Waals surface area (Å²) >= 11 is 0. The van der Waals surface area contributed by atoms with Crippen LogP contribution >= 0.6 is 0 Å². The highest BCUT2D eigenvalue weighted by Gasteiger charge is 2.14. The van der Waals surface area contributed by atoms with Crippen molar-refractivity contribution in [3.63, 3.8) is 0 Å². The number of aliphatic imine (C=N–C) groups is 1. The Labute approximate surface area is 197 Å². The Morgan fingerprint density at radius 3 is 2.91 bits per heavy atom. The summed E-state index contributed by atoms with van der Waals surface area (Å²) < 4.78 is 19.7. The largest absolute Gasteiger partial charge is 0.454 e. The SMILES string of the molecule is CC(=Nc1c(CN)ncn1CCCCOC(=O)NCc1ccc2c(c1)OCO2)c1ccnn1C. The molecule has 3 aromatic rings. The van der Waals surface area contributed by atoms with Crippen molar-refractivity contribution in [1.82, 2.24) is 24.6 Å². The quantitative estimate of drug-likeness (QED) is 0.346. The first-order valence-corrected chi connectivity index (χ1v) is 11.1. The van der Waals surface area contributed by atoms with Gasteiger partial charge in [-0.1, -0.05) is 6.07 Å². The molecule has 11 heteroatoms. The van der Waals surface area contributed by atoms with Crippen LogP contribution < -0.4 is 20.5 Å². The van der Waals surface area contributed by atoms with Crippen molar-refractivity contribution in [2.45, 2.75) is 39.4 Å². The van der Waals surface area contributed by atoms with Gasteiger partial charge >= 0.3 is 6.09 Å². The number of nitrogens with one attached hydrogen (secondary N) is 1. The van der Waals surface area contributed by atoms with Gasteiger partial charge in [0.1, 0.15) is 0 Å². The lowest BCUT2D eigenvalue weighted by molar-refractivity contribution is 0.143. The fourth-order valence-electron chi connectivity index (χ4n) is 3.62. The Kier molecular flexibility index (Phi) is 7.43. The maximum Gasteiger partial charge on any atom is 0.407 e. The standard InChI is InChI=1S/C23H29N7O4/c1-16(19-7-8-27-29(19)2)28-22-18(12-24)26-14-30(22)9-3-4-10-32-23(31)25-13-17-5-6-20-21(11-17)34-15-33-20/h5-8,11,14H,3-4,9-10,12-13,15,24H2,1-2H3,(H,25,31). The fraction of sp³-hybridized carbons (Fsp3) is 0.391. The molecule has 0 fully saturated rings. The third kappa shape index (κ3) is 5.54. The van der Waals surface area contributed by atoms with Gasteiger partial charge in [0, 0.05) is 32.9 Å². The minimum atomic E-state index is -0.456. The molecule has 0 spiro atoms. The van der Waals surface area contributed by atoms with Crippen molar-refractivity contribution in [3.8, 4) is 11.5 Å². The number of aryl methyl sites for hydroxylation is 2. The fourth-order valence-corrected chi connectivity index (χ4v) is 3.62. The molecule has 180 valence electrons. The van der Waals surface area contributed by atoms with Gasteiger partial charge in [0.05, 0.1) is 30.0 Å². The molecule has 1 aliphatic heterocycles. The number of aromatic nitrogens is 4. The second-order valence-corrected chi connectivity index (χ2v) is 7.83. The van der Waals surface area contributed by atoms with Crippen LogP contribution in [0.5, 0.6) is 11.5 Å². The number of nitrogens with two attached hydrogens (primary N) is 1. The molecular formula is C23H29N7O4. The Morgan fingerprint density at radius 1 is 1.26 bits per heavy atom. The molecule has 3 N–H and O–H groups in total. The second-order valence-electron chi connectivity index (χ2n) is 7.83. The van der Waals surface area contributed by atoms with Gasteiger partial charge in [-0.3, -0.25) is 4.68 Å². The number of ether oxygens (including phenoxy) is 3. The van der Waals surface area contributed by atoms with Crippen molar-refractivity contribution in [2.24, 2.45) is 17.8 Å². The van der Waals surface area contributed by atoms with Crippen LogP contribution in [0, 0.1) is 0 Å². The number of hydrogen-bond donors (Lipinski definition) is 2. The van der Waals surface area contributed by atoms with E-state index in [2.05, 4.69) is 15.4 Å². The van der Waals surface area contributed by atoms with E-state index < -0.39 is 6.09 Å². The van der Waals surface area contributed by atoms with E-state index in [1.165, 1.54) is 0 Å². The van der Waals surface area contributed by atoms with Gasteiger partial charge in [0.15, 0.2) is 17.3 Å². The summed E-state index contributed by atoms with van der Waals surface area (Å²) in [5.74, 6) is 2.14. The average molecular weight is 468 g/mol. The van der Waals surface area contributed by atoms with Gasteiger partial charge in [-0.15, -0.1) is 0 Å². The Hall–Kier alpha value is -3.86. The minimum absolute atomic E-state index is 0.221. The van der Waals surface area contributed by atoms with Gasteiger partial charge in [-0.25, -0.2) is 14.8 Å². The molecule has 0 aliphatic carbocycles. The molecular weight excluding hydrogens is 438 g/mol. The van der Waals surface area contributed by atoms with E-state index >= 15 is 0 Å². The van der Waals surface area contributed by atoms with Gasteiger partial charge in [0.2, 0.25) is 6.79 Å². The highest BCUT2D eigenvalue weighted by atomic mass is 16.7. The summed E-state index contributed by atoms with van der Waals surface area (Å²) in [6.07, 6.45) is 4.53. The molecule has 1 amide bonds. The highest BCUT2D eigenvalue weighted by Crippen LogP contribution is 2.32. The maximum atomic E-state index is 12.0. The van der Waals surface area contributed by atoms with E-state index in [-0.39, 0.29) is 6.79 Å². The first-order valence-electron chi connectivity index (χ1n) is 11.1. The third-order valence-electron chi connectivity index (χ3n) is 5.44. The monoisotopic (exact) mass is 467 g/mol. The molecule has 0 unspecified atom stereocenters. The summed E-state index contributed by atoms with van der Waals surface area (Å²) in [6, 6.07) is 7.47. The lowest BCUT2D eigenvalue weighted by Gasteiger charge is -2.09. The Balaban J connectivity index is 1.22. The average Bonchev–Trinajstić information content (AvgIpc) is 3.57. The molecule has 3 heterocycles. The van der Waals surface area contributed by atoms with Crippen molar-refractivity contribution in [1.29, 1.82) is 0 Å². The van der Waals surface area contributed by atoms with E-state index in [9.17, 15) is 4.79 Å². The number of benzene rings is 1.